The fourth-order valence-corrected chi connectivity index (χ4v) is 6.43. The van der Waals surface area contributed by atoms with Gasteiger partial charge in [-0.3, -0.25) is 19.4 Å². The number of likely N-dealkylation sites (tertiary alicyclic amines) is 1. The molecule has 1 aliphatic carbocycles. The molecule has 1 unspecified atom stereocenters. The Morgan fingerprint density at radius 2 is 1.86 bits per heavy atom. The number of nitrogens with zero attached hydrogens (tertiary/aromatic N) is 3. The first kappa shape index (κ1) is 28.6. The minimum atomic E-state index is -4.86. The van der Waals surface area contributed by atoms with Crippen molar-refractivity contribution < 1.29 is 40.7 Å². The molecule has 1 spiro atoms. The molecule has 3 aromatic rings. The third-order valence-corrected chi connectivity index (χ3v) is 8.52. The molecule has 3 amide bonds. The van der Waals surface area contributed by atoms with E-state index < -0.39 is 77.4 Å². The summed E-state index contributed by atoms with van der Waals surface area (Å²) in [6, 6.07) is 3.19. The summed E-state index contributed by atoms with van der Waals surface area (Å²) in [6.07, 6.45) is -2.11. The van der Waals surface area contributed by atoms with Gasteiger partial charge in [0, 0.05) is 47.6 Å². The quantitative estimate of drug-likeness (QED) is 0.348. The van der Waals surface area contributed by atoms with E-state index in [2.05, 4.69) is 20.6 Å². The third kappa shape index (κ3) is 4.78. The van der Waals surface area contributed by atoms with Gasteiger partial charge in [0.2, 0.25) is 11.8 Å². The van der Waals surface area contributed by atoms with Crippen molar-refractivity contribution in [3.8, 4) is 0 Å². The molecular formula is C29H23F6N5O3. The summed E-state index contributed by atoms with van der Waals surface area (Å²) in [5, 5.41) is 5.14. The number of aromatic nitrogens is 2. The summed E-state index contributed by atoms with van der Waals surface area (Å²) in [6.45, 7) is -0.557. The molecule has 4 atom stereocenters. The number of anilines is 1. The molecule has 2 aromatic heterocycles. The van der Waals surface area contributed by atoms with Crippen LogP contribution in [0.15, 0.2) is 42.7 Å². The van der Waals surface area contributed by atoms with E-state index in [0.29, 0.717) is 39.7 Å². The topological polar surface area (TPSA) is 104 Å². The minimum Gasteiger partial charge on any atom is -0.340 e. The Morgan fingerprint density at radius 1 is 1.12 bits per heavy atom. The minimum absolute atomic E-state index is 0.0333. The smallest absolute Gasteiger partial charge is 0.340 e. The molecule has 0 radical (unpaired) electrons. The van der Waals surface area contributed by atoms with Gasteiger partial charge in [0.05, 0.1) is 11.0 Å². The Labute approximate surface area is 240 Å². The Hall–Kier alpha value is -4.49. The van der Waals surface area contributed by atoms with Crippen molar-refractivity contribution in [1.29, 1.82) is 0 Å². The van der Waals surface area contributed by atoms with E-state index in [4.69, 9.17) is 0 Å². The maximum atomic E-state index is 14.7. The number of fused-ring (bicyclic) bond motifs is 3. The van der Waals surface area contributed by atoms with Gasteiger partial charge in [0.15, 0.2) is 11.6 Å². The average Bonchev–Trinajstić information content (AvgIpc) is 3.47. The molecule has 14 heteroatoms. The Balaban J connectivity index is 1.28. The van der Waals surface area contributed by atoms with Crippen LogP contribution in [-0.2, 0) is 27.8 Å². The normalized spacial score (nSPS) is 24.6. The molecule has 1 aromatic carbocycles. The number of hydrogen-bond donors (Lipinski definition) is 2. The van der Waals surface area contributed by atoms with E-state index >= 15 is 0 Å². The summed E-state index contributed by atoms with van der Waals surface area (Å²) in [5.74, 6) is -7.38. The monoisotopic (exact) mass is 603 g/mol. The summed E-state index contributed by atoms with van der Waals surface area (Å²) in [5.41, 5.74) is 0.0460. The first-order valence-electron chi connectivity index (χ1n) is 13.4. The molecule has 8 nitrogen and oxygen atoms in total. The number of hydrogen-bond acceptors (Lipinski definition) is 5. The molecule has 0 bridgehead atoms. The lowest BCUT2D eigenvalue weighted by atomic mass is 9.80. The number of carbonyl (C=O) groups is 3. The predicted octanol–water partition coefficient (Wildman–Crippen LogP) is 3.95. The number of amides is 3. The van der Waals surface area contributed by atoms with E-state index in [0.717, 1.165) is 0 Å². The summed E-state index contributed by atoms with van der Waals surface area (Å²) in [4.78, 5) is 48.4. The maximum absolute atomic E-state index is 14.7. The van der Waals surface area contributed by atoms with Crippen LogP contribution in [0.5, 0.6) is 0 Å². The van der Waals surface area contributed by atoms with E-state index in [1.807, 2.05) is 0 Å². The van der Waals surface area contributed by atoms with Gasteiger partial charge in [-0.2, -0.15) is 13.2 Å². The molecule has 1 fully saturated rings. The SMILES string of the molecule is C[C@@H]1[C@H](c2c(F)ccc(F)c2F)C[C@H](NC(=O)c2cnc3c(c2)CC2(C3)C(=O)Nc3ncccc32)C(=O)N1CC(F)(F)F. The zero-order valence-corrected chi connectivity index (χ0v) is 22.4. The van der Waals surface area contributed by atoms with Crippen LogP contribution in [0.4, 0.5) is 32.2 Å². The van der Waals surface area contributed by atoms with Gasteiger partial charge >= 0.3 is 6.18 Å². The van der Waals surface area contributed by atoms with E-state index in [9.17, 15) is 40.7 Å². The molecule has 3 aliphatic rings. The first-order valence-corrected chi connectivity index (χ1v) is 13.4. The molecule has 2 aliphatic heterocycles. The molecule has 1 saturated heterocycles. The number of rotatable bonds is 4. The molecule has 0 saturated carbocycles. The second-order valence-electron chi connectivity index (χ2n) is 11.1. The number of nitrogens with one attached hydrogen (secondary N) is 2. The first-order chi connectivity index (χ1) is 20.3. The Kier molecular flexibility index (Phi) is 6.69. The van der Waals surface area contributed by atoms with Crippen molar-refractivity contribution in [2.45, 2.75) is 55.8 Å². The van der Waals surface area contributed by atoms with Crippen LogP contribution >= 0.6 is 0 Å². The lowest BCUT2D eigenvalue weighted by molar-refractivity contribution is -0.170. The van der Waals surface area contributed by atoms with E-state index in [1.165, 1.54) is 19.2 Å². The van der Waals surface area contributed by atoms with E-state index in [1.54, 1.807) is 18.3 Å². The second kappa shape index (κ2) is 10.1. The number of alkyl halides is 3. The van der Waals surface area contributed by atoms with Gasteiger partial charge in [-0.25, -0.2) is 18.2 Å². The highest BCUT2D eigenvalue weighted by atomic mass is 19.4. The van der Waals surface area contributed by atoms with Crippen LogP contribution in [0.3, 0.4) is 0 Å². The van der Waals surface area contributed by atoms with Crippen LogP contribution in [0, 0.1) is 17.5 Å². The van der Waals surface area contributed by atoms with Gasteiger partial charge < -0.3 is 15.5 Å². The van der Waals surface area contributed by atoms with Crippen LogP contribution in [-0.4, -0.2) is 57.4 Å². The van der Waals surface area contributed by atoms with Crippen molar-refractivity contribution in [2.24, 2.45) is 0 Å². The lowest BCUT2D eigenvalue weighted by Crippen LogP contribution is -2.60. The summed E-state index contributed by atoms with van der Waals surface area (Å²) < 4.78 is 83.8. The number of carbonyl (C=O) groups excluding carboxylic acids is 3. The highest BCUT2D eigenvalue weighted by Gasteiger charge is 2.52. The highest BCUT2D eigenvalue weighted by molar-refractivity contribution is 6.06. The van der Waals surface area contributed by atoms with Crippen LogP contribution in [0.25, 0.3) is 0 Å². The molecule has 2 N–H and O–H groups in total. The van der Waals surface area contributed by atoms with Crippen molar-refractivity contribution in [3.05, 3.63) is 88.1 Å². The number of pyridine rings is 2. The van der Waals surface area contributed by atoms with Crippen molar-refractivity contribution in [1.82, 2.24) is 20.2 Å². The van der Waals surface area contributed by atoms with Crippen LogP contribution in [0.2, 0.25) is 0 Å². The Morgan fingerprint density at radius 3 is 2.60 bits per heavy atom. The van der Waals surface area contributed by atoms with Gasteiger partial charge in [-0.15, -0.1) is 0 Å². The molecular weight excluding hydrogens is 580 g/mol. The van der Waals surface area contributed by atoms with Gasteiger partial charge in [0.1, 0.15) is 24.2 Å². The third-order valence-electron chi connectivity index (χ3n) is 8.52. The molecule has 4 heterocycles. The largest absolute Gasteiger partial charge is 0.406 e. The van der Waals surface area contributed by atoms with E-state index in [-0.39, 0.29) is 24.3 Å². The zero-order chi connectivity index (χ0) is 30.8. The van der Waals surface area contributed by atoms with Gasteiger partial charge in [-0.1, -0.05) is 6.07 Å². The van der Waals surface area contributed by atoms with Crippen LogP contribution in [0.1, 0.15) is 52.0 Å². The molecule has 224 valence electrons. The fraction of sp³-hybridized carbons (Fsp3) is 0.345. The summed E-state index contributed by atoms with van der Waals surface area (Å²) >= 11 is 0. The lowest BCUT2D eigenvalue weighted by Gasteiger charge is -2.43. The van der Waals surface area contributed by atoms with Crippen molar-refractivity contribution >= 4 is 23.5 Å². The average molecular weight is 604 g/mol. The maximum Gasteiger partial charge on any atom is 0.406 e. The molecule has 43 heavy (non-hydrogen) atoms. The predicted molar refractivity (Wildman–Crippen MR) is 138 cm³/mol. The van der Waals surface area contributed by atoms with Crippen molar-refractivity contribution in [3.63, 3.8) is 0 Å². The van der Waals surface area contributed by atoms with Crippen molar-refractivity contribution in [2.75, 3.05) is 11.9 Å². The standard InChI is InChI=1S/C29H23F6N5O3/c1-13-16(22-18(30)4-5-19(31)23(22)32)8-20(26(42)40(13)12-29(33,34)35)38-25(41)15-7-14-9-28(10-21(14)37-11-15)17-3-2-6-36-24(17)39-27(28)43/h2-7,11,13,16,20H,8-10,12H2,1H3,(H,38,41)(H,36,39,43)/t13-,16-,20+,28?/m1/s1. The second-order valence-corrected chi connectivity index (χ2v) is 11.1. The highest BCUT2D eigenvalue weighted by Crippen LogP contribution is 2.46. The number of piperidine rings is 1. The fourth-order valence-electron chi connectivity index (χ4n) is 6.43. The number of halogens is 6. The van der Waals surface area contributed by atoms with Gasteiger partial charge in [-0.05, 0) is 49.6 Å². The number of benzene rings is 1. The summed E-state index contributed by atoms with van der Waals surface area (Å²) in [7, 11) is 0. The Bertz CT molecular complexity index is 1680. The zero-order valence-electron chi connectivity index (χ0n) is 22.4. The van der Waals surface area contributed by atoms with Crippen LogP contribution < -0.4 is 10.6 Å². The molecule has 6 rings (SSSR count). The van der Waals surface area contributed by atoms with Gasteiger partial charge in [0.25, 0.3) is 5.91 Å².